The number of hydrogen-bond acceptors (Lipinski definition) is 7. The average Bonchev–Trinajstić information content (AvgIpc) is 3.26. The Bertz CT molecular complexity index is 751. The maximum absolute atomic E-state index is 12.9. The molecule has 1 fully saturated rings. The zero-order chi connectivity index (χ0) is 25.1. The molecule has 0 aromatic rings. The van der Waals surface area contributed by atoms with E-state index in [1.165, 1.54) is 0 Å². The van der Waals surface area contributed by atoms with Crippen LogP contribution >= 0.6 is 0 Å². The van der Waals surface area contributed by atoms with Crippen LogP contribution in [0.4, 0.5) is 0 Å². The summed E-state index contributed by atoms with van der Waals surface area (Å²) in [6.45, 7) is 4.14. The van der Waals surface area contributed by atoms with Crippen molar-refractivity contribution < 1.29 is 33.9 Å². The number of carbonyl (C=O) groups is 6. The van der Waals surface area contributed by atoms with E-state index in [9.17, 15) is 33.9 Å². The highest BCUT2D eigenvalue weighted by molar-refractivity contribution is 5.94. The topological polar surface area (TPSA) is 223 Å². The van der Waals surface area contributed by atoms with Crippen molar-refractivity contribution in [2.45, 2.75) is 76.5 Å². The standard InChI is InChI=1S/C20H34N6O7/c1-10(2)16(26-17(29)11-4-3-9-23-11)19(31)24-12(5-7-14(21)27)18(30)25-13(20(32)33)6-8-15(22)28/h10-13,16,23H,3-9H2,1-2H3,(H2,21,27)(H2,22,28)(H,24,31)(H,25,30)(H,26,29)(H,32,33). The molecule has 0 saturated carbocycles. The lowest BCUT2D eigenvalue weighted by Crippen LogP contribution is -2.58. The highest BCUT2D eigenvalue weighted by atomic mass is 16.4. The van der Waals surface area contributed by atoms with Gasteiger partial charge in [-0.15, -0.1) is 0 Å². The van der Waals surface area contributed by atoms with Crippen molar-refractivity contribution in [3.63, 3.8) is 0 Å². The number of carbonyl (C=O) groups excluding carboxylic acids is 5. The minimum absolute atomic E-state index is 0.183. The maximum Gasteiger partial charge on any atom is 0.326 e. The second-order valence-electron chi connectivity index (χ2n) is 8.35. The van der Waals surface area contributed by atoms with Gasteiger partial charge in [0.15, 0.2) is 0 Å². The number of hydrogen-bond donors (Lipinski definition) is 7. The molecule has 1 aliphatic rings. The monoisotopic (exact) mass is 470 g/mol. The maximum atomic E-state index is 12.9. The van der Waals surface area contributed by atoms with Gasteiger partial charge in [0.05, 0.1) is 6.04 Å². The van der Waals surface area contributed by atoms with Gasteiger partial charge in [0.2, 0.25) is 29.5 Å². The molecule has 0 radical (unpaired) electrons. The molecule has 4 atom stereocenters. The van der Waals surface area contributed by atoms with Gasteiger partial charge >= 0.3 is 5.97 Å². The molecule has 9 N–H and O–H groups in total. The lowest BCUT2D eigenvalue weighted by atomic mass is 10.0. The van der Waals surface area contributed by atoms with Crippen molar-refractivity contribution in [1.29, 1.82) is 0 Å². The number of aliphatic carboxylic acids is 1. The molecule has 1 rings (SSSR count). The summed E-state index contributed by atoms with van der Waals surface area (Å²) in [6.07, 6.45) is 0.536. The Hall–Kier alpha value is -3.22. The fourth-order valence-electron chi connectivity index (χ4n) is 3.33. The van der Waals surface area contributed by atoms with Gasteiger partial charge < -0.3 is 37.8 Å². The summed E-state index contributed by atoms with van der Waals surface area (Å²) >= 11 is 0. The predicted octanol–water partition coefficient (Wildman–Crippen LogP) is -2.54. The van der Waals surface area contributed by atoms with Crippen molar-refractivity contribution in [2.24, 2.45) is 17.4 Å². The molecule has 0 spiro atoms. The van der Waals surface area contributed by atoms with Crippen LogP contribution < -0.4 is 32.7 Å². The Kier molecular flexibility index (Phi) is 11.3. The number of carboxylic acid groups (broad SMARTS) is 1. The van der Waals surface area contributed by atoms with Crippen LogP contribution in [-0.2, 0) is 28.8 Å². The van der Waals surface area contributed by atoms with Gasteiger partial charge in [0, 0.05) is 12.8 Å². The number of nitrogens with one attached hydrogen (secondary N) is 4. The fourth-order valence-corrected chi connectivity index (χ4v) is 3.33. The van der Waals surface area contributed by atoms with Crippen LogP contribution in [0, 0.1) is 5.92 Å². The first-order chi connectivity index (χ1) is 15.4. The molecule has 186 valence electrons. The van der Waals surface area contributed by atoms with Gasteiger partial charge in [-0.3, -0.25) is 24.0 Å². The second-order valence-corrected chi connectivity index (χ2v) is 8.35. The zero-order valence-electron chi connectivity index (χ0n) is 18.9. The minimum atomic E-state index is -1.42. The number of primary amides is 2. The molecule has 0 aliphatic carbocycles. The van der Waals surface area contributed by atoms with Crippen molar-refractivity contribution >= 4 is 35.5 Å². The lowest BCUT2D eigenvalue weighted by Gasteiger charge is -2.27. The van der Waals surface area contributed by atoms with Crippen molar-refractivity contribution in [3.8, 4) is 0 Å². The van der Waals surface area contributed by atoms with E-state index in [0.717, 1.165) is 6.42 Å². The number of amides is 5. The van der Waals surface area contributed by atoms with Gasteiger partial charge in [-0.05, 0) is 38.1 Å². The molecule has 4 unspecified atom stereocenters. The summed E-state index contributed by atoms with van der Waals surface area (Å²) in [4.78, 5) is 71.7. The van der Waals surface area contributed by atoms with Gasteiger partial charge in [-0.1, -0.05) is 13.8 Å². The van der Waals surface area contributed by atoms with E-state index in [4.69, 9.17) is 11.5 Å². The molecule has 5 amide bonds. The molecule has 33 heavy (non-hydrogen) atoms. The molecule has 0 aromatic carbocycles. The highest BCUT2D eigenvalue weighted by Gasteiger charge is 2.32. The zero-order valence-corrected chi connectivity index (χ0v) is 18.9. The molecule has 1 saturated heterocycles. The minimum Gasteiger partial charge on any atom is -0.480 e. The Morgan fingerprint density at radius 2 is 1.45 bits per heavy atom. The van der Waals surface area contributed by atoms with Crippen LogP contribution in [0.5, 0.6) is 0 Å². The number of carboxylic acids is 1. The second kappa shape index (κ2) is 13.4. The molecule has 1 heterocycles. The summed E-state index contributed by atoms with van der Waals surface area (Å²) in [7, 11) is 0. The number of rotatable bonds is 14. The van der Waals surface area contributed by atoms with E-state index < -0.39 is 53.8 Å². The van der Waals surface area contributed by atoms with Crippen molar-refractivity contribution in [3.05, 3.63) is 0 Å². The van der Waals surface area contributed by atoms with Crippen LogP contribution in [-0.4, -0.2) is 71.3 Å². The third kappa shape index (κ3) is 9.85. The largest absolute Gasteiger partial charge is 0.480 e. The first kappa shape index (κ1) is 27.8. The first-order valence-corrected chi connectivity index (χ1v) is 10.9. The molecule has 13 nitrogen and oxygen atoms in total. The fraction of sp³-hybridized carbons (Fsp3) is 0.700. The highest BCUT2D eigenvalue weighted by Crippen LogP contribution is 2.09. The summed E-state index contributed by atoms with van der Waals surface area (Å²) in [5.41, 5.74) is 10.2. The van der Waals surface area contributed by atoms with Gasteiger partial charge in [-0.25, -0.2) is 4.79 Å². The van der Waals surface area contributed by atoms with E-state index in [1.54, 1.807) is 13.8 Å². The summed E-state index contributed by atoms with van der Waals surface area (Å²) in [5, 5.41) is 19.7. The number of nitrogens with two attached hydrogens (primary N) is 2. The van der Waals surface area contributed by atoms with Crippen LogP contribution in [0.3, 0.4) is 0 Å². The van der Waals surface area contributed by atoms with E-state index in [2.05, 4.69) is 21.3 Å². The molecule has 0 aromatic heterocycles. The molecule has 0 bridgehead atoms. The first-order valence-electron chi connectivity index (χ1n) is 10.9. The smallest absolute Gasteiger partial charge is 0.326 e. The third-order valence-electron chi connectivity index (χ3n) is 5.23. The molecular weight excluding hydrogens is 436 g/mol. The molecular formula is C20H34N6O7. The molecule has 13 heteroatoms. The van der Waals surface area contributed by atoms with E-state index in [-0.39, 0.29) is 37.5 Å². The summed E-state index contributed by atoms with van der Waals surface area (Å²) in [6, 6.07) is -4.08. The summed E-state index contributed by atoms with van der Waals surface area (Å²) < 4.78 is 0. The normalized spacial score (nSPS) is 18.1. The van der Waals surface area contributed by atoms with E-state index in [0.29, 0.717) is 13.0 Å². The average molecular weight is 471 g/mol. The lowest BCUT2D eigenvalue weighted by molar-refractivity contribution is -0.143. The van der Waals surface area contributed by atoms with Crippen LogP contribution in [0.2, 0.25) is 0 Å². The Morgan fingerprint density at radius 3 is 1.91 bits per heavy atom. The SMILES string of the molecule is CC(C)C(NC(=O)C1CCCN1)C(=O)NC(CCC(N)=O)C(=O)NC(CCC(N)=O)C(=O)O. The van der Waals surface area contributed by atoms with Crippen LogP contribution in [0.25, 0.3) is 0 Å². The molecule has 1 aliphatic heterocycles. The van der Waals surface area contributed by atoms with Gasteiger partial charge in [0.25, 0.3) is 0 Å². The Labute approximate surface area is 191 Å². The van der Waals surface area contributed by atoms with E-state index in [1.807, 2.05) is 0 Å². The summed E-state index contributed by atoms with van der Waals surface area (Å²) in [5.74, 6) is -5.03. The van der Waals surface area contributed by atoms with E-state index >= 15 is 0 Å². The Morgan fingerprint density at radius 1 is 0.909 bits per heavy atom. The van der Waals surface area contributed by atoms with Crippen molar-refractivity contribution in [1.82, 2.24) is 21.3 Å². The van der Waals surface area contributed by atoms with Crippen LogP contribution in [0.1, 0.15) is 52.4 Å². The third-order valence-corrected chi connectivity index (χ3v) is 5.23. The predicted molar refractivity (Wildman–Crippen MR) is 116 cm³/mol. The van der Waals surface area contributed by atoms with Gasteiger partial charge in [-0.2, -0.15) is 0 Å². The van der Waals surface area contributed by atoms with Crippen molar-refractivity contribution in [2.75, 3.05) is 6.54 Å². The quantitative estimate of drug-likeness (QED) is 0.143. The van der Waals surface area contributed by atoms with Gasteiger partial charge in [0.1, 0.15) is 18.1 Å². The van der Waals surface area contributed by atoms with Crippen LogP contribution in [0.15, 0.2) is 0 Å². The Balaban J connectivity index is 2.91.